The maximum absolute atomic E-state index is 13.0. The molecule has 0 saturated heterocycles. The monoisotopic (exact) mass is 372 g/mol. The fraction of sp³-hybridized carbons (Fsp3) is 0.143. The molecule has 8 heteroatoms. The van der Waals surface area contributed by atoms with Gasteiger partial charge in [0.25, 0.3) is 5.56 Å². The van der Waals surface area contributed by atoms with Gasteiger partial charge in [0.05, 0.1) is 5.56 Å². The number of aromatic hydroxyl groups is 1. The molecule has 0 aliphatic rings. The van der Waals surface area contributed by atoms with Crippen molar-refractivity contribution in [1.82, 2.24) is 4.98 Å². The van der Waals surface area contributed by atoms with Crippen LogP contribution < -0.4 is 5.56 Å². The second-order valence-corrected chi connectivity index (χ2v) is 5.44. The van der Waals surface area contributed by atoms with Crippen LogP contribution in [0.3, 0.4) is 0 Å². The number of hydrogen-bond donors (Lipinski definition) is 2. The van der Waals surface area contributed by atoms with Crippen LogP contribution in [0.1, 0.15) is 16.8 Å². The van der Waals surface area contributed by atoms with Crippen molar-refractivity contribution in [3.05, 3.63) is 49.8 Å². The average Bonchev–Trinajstić information content (AvgIpc) is 2.39. The first-order chi connectivity index (χ1) is 10.1. The zero-order valence-electron chi connectivity index (χ0n) is 11.0. The molecule has 0 unspecified atom stereocenters. The first kappa shape index (κ1) is 16.1. The van der Waals surface area contributed by atoms with Crippen molar-refractivity contribution in [2.75, 3.05) is 0 Å². The first-order valence-corrected chi connectivity index (χ1v) is 6.68. The summed E-state index contributed by atoms with van der Waals surface area (Å²) in [6, 6.07) is 4.93. The fourth-order valence-corrected chi connectivity index (χ4v) is 2.49. The van der Waals surface area contributed by atoms with Crippen LogP contribution in [0.4, 0.5) is 13.2 Å². The molecule has 2 rings (SSSR count). The summed E-state index contributed by atoms with van der Waals surface area (Å²) in [6.45, 7) is 1.52. The van der Waals surface area contributed by atoms with Gasteiger partial charge in [0.2, 0.25) is 0 Å². The molecule has 0 aliphatic carbocycles. The number of aromatic nitrogens is 1. The molecule has 2 aromatic rings. The van der Waals surface area contributed by atoms with Crippen LogP contribution in [-0.2, 0) is 6.18 Å². The molecule has 1 aromatic heterocycles. The van der Waals surface area contributed by atoms with Crippen molar-refractivity contribution in [2.45, 2.75) is 13.1 Å². The number of H-pyrrole nitrogens is 1. The largest absolute Gasteiger partial charge is 0.507 e. The van der Waals surface area contributed by atoms with E-state index in [1.54, 1.807) is 6.07 Å². The zero-order chi connectivity index (χ0) is 16.7. The van der Waals surface area contributed by atoms with Crippen LogP contribution in [-0.4, -0.2) is 10.1 Å². The summed E-state index contributed by atoms with van der Waals surface area (Å²) in [4.78, 5) is 14.1. The number of rotatable bonds is 1. The Morgan fingerprint density at radius 3 is 2.45 bits per heavy atom. The number of aryl methyl sites for hydroxylation is 1. The Kier molecular flexibility index (Phi) is 4.02. The van der Waals surface area contributed by atoms with Gasteiger partial charge in [0.15, 0.2) is 0 Å². The van der Waals surface area contributed by atoms with E-state index in [-0.39, 0.29) is 21.2 Å². The van der Waals surface area contributed by atoms with Gasteiger partial charge in [-0.1, -0.05) is 15.9 Å². The lowest BCUT2D eigenvalue weighted by molar-refractivity contribution is -0.138. The Hall–Kier alpha value is -2.27. The van der Waals surface area contributed by atoms with Crippen molar-refractivity contribution in [2.24, 2.45) is 0 Å². The lowest BCUT2D eigenvalue weighted by Crippen LogP contribution is -2.13. The number of phenolic OH excluding ortho intramolecular Hbond substituents is 1. The van der Waals surface area contributed by atoms with Gasteiger partial charge < -0.3 is 10.1 Å². The molecule has 0 fully saturated rings. The molecule has 0 aliphatic heterocycles. The smallest absolute Gasteiger partial charge is 0.420 e. The van der Waals surface area contributed by atoms with Crippen LogP contribution in [0.25, 0.3) is 11.1 Å². The van der Waals surface area contributed by atoms with E-state index in [2.05, 4.69) is 20.9 Å². The number of benzene rings is 1. The summed E-state index contributed by atoms with van der Waals surface area (Å²) in [5, 5.41) is 19.0. The second-order valence-electron chi connectivity index (χ2n) is 4.53. The van der Waals surface area contributed by atoms with E-state index in [1.165, 1.54) is 19.1 Å². The summed E-state index contributed by atoms with van der Waals surface area (Å²) in [6.07, 6.45) is -4.77. The molecule has 0 saturated carbocycles. The van der Waals surface area contributed by atoms with E-state index in [0.717, 1.165) is 6.07 Å². The Balaban J connectivity index is 2.89. The maximum Gasteiger partial charge on any atom is 0.420 e. The number of halogens is 4. The number of nitriles is 1. The predicted molar refractivity (Wildman–Crippen MR) is 76.3 cm³/mol. The summed E-state index contributed by atoms with van der Waals surface area (Å²) < 4.78 is 38.9. The van der Waals surface area contributed by atoms with Gasteiger partial charge in [-0.25, -0.2) is 0 Å². The van der Waals surface area contributed by atoms with Crippen molar-refractivity contribution >= 4 is 15.9 Å². The quantitative estimate of drug-likeness (QED) is 0.800. The minimum absolute atomic E-state index is 0.0620. The number of nitrogens with zero attached hydrogens (tertiary/aromatic N) is 1. The molecule has 2 N–H and O–H groups in total. The van der Waals surface area contributed by atoms with Crippen molar-refractivity contribution in [1.29, 1.82) is 5.26 Å². The topological polar surface area (TPSA) is 76.9 Å². The third-order valence-corrected chi connectivity index (χ3v) is 3.41. The number of nitrogens with one attached hydrogen (secondary N) is 1. The average molecular weight is 373 g/mol. The van der Waals surface area contributed by atoms with Crippen molar-refractivity contribution in [3.8, 4) is 22.9 Å². The van der Waals surface area contributed by atoms with Crippen LogP contribution in [0.5, 0.6) is 5.75 Å². The van der Waals surface area contributed by atoms with Gasteiger partial charge in [-0.3, -0.25) is 4.79 Å². The molecule has 0 radical (unpaired) electrons. The third-order valence-electron chi connectivity index (χ3n) is 2.95. The molecule has 0 amide bonds. The lowest BCUT2D eigenvalue weighted by atomic mass is 9.97. The predicted octanol–water partition coefficient (Wildman–Crippen LogP) is 3.71. The Morgan fingerprint density at radius 1 is 1.27 bits per heavy atom. The van der Waals surface area contributed by atoms with Gasteiger partial charge in [-0.2, -0.15) is 18.4 Å². The number of aromatic amines is 1. The number of alkyl halides is 3. The molecular formula is C14H8BrF3N2O2. The molecule has 0 bridgehead atoms. The highest BCUT2D eigenvalue weighted by molar-refractivity contribution is 9.10. The van der Waals surface area contributed by atoms with Crippen molar-refractivity contribution in [3.63, 3.8) is 0 Å². The van der Waals surface area contributed by atoms with E-state index in [1.807, 2.05) is 0 Å². The van der Waals surface area contributed by atoms with E-state index in [4.69, 9.17) is 5.26 Å². The SMILES string of the molecule is Cc1cc(-c2cc(Br)cc(C(F)(F)F)c2O)c(C#N)c(=O)[nH]1. The van der Waals surface area contributed by atoms with Gasteiger partial charge in [-0.15, -0.1) is 0 Å². The zero-order valence-corrected chi connectivity index (χ0v) is 12.6. The molecule has 0 atom stereocenters. The van der Waals surface area contributed by atoms with Crippen LogP contribution in [0, 0.1) is 18.3 Å². The third kappa shape index (κ3) is 2.85. The van der Waals surface area contributed by atoms with E-state index in [0.29, 0.717) is 5.69 Å². The summed E-state index contributed by atoms with van der Waals surface area (Å²) >= 11 is 2.94. The highest BCUT2D eigenvalue weighted by atomic mass is 79.9. The molecule has 4 nitrogen and oxygen atoms in total. The van der Waals surface area contributed by atoms with Crippen LogP contribution in [0.15, 0.2) is 27.5 Å². The lowest BCUT2D eigenvalue weighted by Gasteiger charge is -2.14. The molecule has 0 spiro atoms. The molecule has 22 heavy (non-hydrogen) atoms. The van der Waals surface area contributed by atoms with Crippen LogP contribution in [0.2, 0.25) is 0 Å². The number of pyridine rings is 1. The minimum atomic E-state index is -4.77. The summed E-state index contributed by atoms with van der Waals surface area (Å²) in [7, 11) is 0. The van der Waals surface area contributed by atoms with Gasteiger partial charge in [0, 0.05) is 21.3 Å². The molecule has 1 aromatic carbocycles. The Bertz CT molecular complexity index is 851. The molecule has 114 valence electrons. The highest BCUT2D eigenvalue weighted by Gasteiger charge is 2.35. The number of phenols is 1. The van der Waals surface area contributed by atoms with Gasteiger partial charge in [0.1, 0.15) is 17.4 Å². The van der Waals surface area contributed by atoms with Crippen LogP contribution >= 0.6 is 15.9 Å². The normalized spacial score (nSPS) is 11.3. The summed E-state index contributed by atoms with van der Waals surface area (Å²) in [5.41, 5.74) is -2.30. The fourth-order valence-electron chi connectivity index (χ4n) is 2.03. The standard InChI is InChI=1S/C14H8BrF3N2O2/c1-6-2-8(10(5-19)13(22)20-6)9-3-7(15)4-11(12(9)21)14(16,17)18/h2-4,21H,1H3,(H,20,22). The maximum atomic E-state index is 13.0. The summed E-state index contributed by atoms with van der Waals surface area (Å²) in [5.74, 6) is -1.03. The number of hydrogen-bond acceptors (Lipinski definition) is 3. The minimum Gasteiger partial charge on any atom is -0.507 e. The molecular weight excluding hydrogens is 365 g/mol. The van der Waals surface area contributed by atoms with E-state index in [9.17, 15) is 23.1 Å². The Labute approximate surface area is 131 Å². The molecule has 1 heterocycles. The van der Waals surface area contributed by atoms with E-state index < -0.39 is 23.0 Å². The van der Waals surface area contributed by atoms with Crippen molar-refractivity contribution < 1.29 is 18.3 Å². The second kappa shape index (κ2) is 5.50. The van der Waals surface area contributed by atoms with E-state index >= 15 is 0 Å². The Morgan fingerprint density at radius 2 is 1.91 bits per heavy atom. The van der Waals surface area contributed by atoms with Gasteiger partial charge >= 0.3 is 6.18 Å². The van der Waals surface area contributed by atoms with Gasteiger partial charge in [-0.05, 0) is 25.1 Å². The highest BCUT2D eigenvalue weighted by Crippen LogP contribution is 2.43. The first-order valence-electron chi connectivity index (χ1n) is 5.89.